The number of nitrogens with zero attached hydrogens (tertiary/aromatic N) is 1. The number of alkyl halides is 2. The zero-order chi connectivity index (χ0) is 24.8. The summed E-state index contributed by atoms with van der Waals surface area (Å²) in [4.78, 5) is 25.4. The fourth-order valence-electron chi connectivity index (χ4n) is 4.97. The molecule has 0 spiro atoms. The molecule has 1 aromatic heterocycles. The highest BCUT2D eigenvalue weighted by Gasteiger charge is 2.58. The molecule has 1 fully saturated rings. The van der Waals surface area contributed by atoms with Gasteiger partial charge in [0.1, 0.15) is 11.5 Å². The Morgan fingerprint density at radius 3 is 2.62 bits per heavy atom. The van der Waals surface area contributed by atoms with E-state index in [0.717, 1.165) is 11.1 Å². The first-order valence-electron chi connectivity index (χ1n) is 11.2. The molecule has 1 aromatic carbocycles. The summed E-state index contributed by atoms with van der Waals surface area (Å²) < 4.78 is 47.4. The minimum absolute atomic E-state index is 0.0378. The summed E-state index contributed by atoms with van der Waals surface area (Å²) in [6, 6.07) is 3.58. The Hall–Kier alpha value is -2.68. The first-order chi connectivity index (χ1) is 15.9. The van der Waals surface area contributed by atoms with Crippen molar-refractivity contribution in [3.8, 4) is 0 Å². The molecular weight excluding hydrogens is 471 g/mol. The third kappa shape index (κ3) is 4.62. The van der Waals surface area contributed by atoms with E-state index in [4.69, 9.17) is 16.3 Å². The van der Waals surface area contributed by atoms with E-state index in [0.29, 0.717) is 24.2 Å². The summed E-state index contributed by atoms with van der Waals surface area (Å²) in [5.41, 5.74) is 1.70. The summed E-state index contributed by atoms with van der Waals surface area (Å²) in [5.74, 6) is -3.70. The van der Waals surface area contributed by atoms with Gasteiger partial charge in [-0.05, 0) is 48.1 Å². The lowest BCUT2D eigenvalue weighted by molar-refractivity contribution is -0.193. The number of nitrogens with one attached hydrogen (secondary N) is 2. The van der Waals surface area contributed by atoms with Gasteiger partial charge >= 0.3 is 6.09 Å². The number of hydrogen-bond donors (Lipinski definition) is 2. The molecule has 0 bridgehead atoms. The van der Waals surface area contributed by atoms with Gasteiger partial charge in [0, 0.05) is 37.2 Å². The fraction of sp³-hybridized carbons (Fsp3) is 0.500. The normalized spacial score (nSPS) is 19.9. The number of hydrogen-bond acceptors (Lipinski definition) is 3. The molecule has 1 heterocycles. The number of rotatable bonds is 6. The quantitative estimate of drug-likeness (QED) is 0.525. The molecule has 184 valence electrons. The number of alkyl carbamates (subject to hydrolysis) is 1. The van der Waals surface area contributed by atoms with Gasteiger partial charge in [-0.25, -0.2) is 18.0 Å². The van der Waals surface area contributed by atoms with E-state index >= 15 is 0 Å². The van der Waals surface area contributed by atoms with Crippen LogP contribution in [0.4, 0.5) is 23.7 Å². The van der Waals surface area contributed by atoms with Crippen LogP contribution in [0.15, 0.2) is 24.4 Å². The maximum Gasteiger partial charge on any atom is 0.407 e. The molecule has 0 radical (unpaired) electrons. The Morgan fingerprint density at radius 2 is 2.00 bits per heavy atom. The standard InChI is InChI=1S/C24H27ClF3N3O3/c1-13(2)23(10-24(27,28)11-23)12-34-22(33)30-19-7-5-15-16(19)9-31(3)20(15)21(32)29-14-4-6-18(26)17(25)8-14/h4,6,8-9,13,19H,5,7,10-12H2,1-3H3,(H,29,32)(H,30,33). The predicted molar refractivity (Wildman–Crippen MR) is 122 cm³/mol. The number of benzene rings is 1. The minimum Gasteiger partial charge on any atom is -0.449 e. The molecule has 2 N–H and O–H groups in total. The Balaban J connectivity index is 1.40. The summed E-state index contributed by atoms with van der Waals surface area (Å²) in [6.07, 6.45) is 1.70. The fourth-order valence-corrected chi connectivity index (χ4v) is 5.15. The molecule has 4 rings (SSSR count). The zero-order valence-electron chi connectivity index (χ0n) is 19.2. The van der Waals surface area contributed by atoms with Gasteiger partial charge in [0.05, 0.1) is 17.7 Å². The third-order valence-electron chi connectivity index (χ3n) is 7.00. The average molecular weight is 498 g/mol. The van der Waals surface area contributed by atoms with Crippen molar-refractivity contribution in [1.29, 1.82) is 0 Å². The van der Waals surface area contributed by atoms with Gasteiger partial charge in [-0.15, -0.1) is 0 Å². The van der Waals surface area contributed by atoms with Gasteiger partial charge in [-0.3, -0.25) is 4.79 Å². The SMILES string of the molecule is CC(C)C1(COC(=O)NC2CCc3c2cn(C)c3C(=O)Nc2ccc(F)c(Cl)c2)CC(F)(F)C1. The van der Waals surface area contributed by atoms with Crippen LogP contribution in [0.3, 0.4) is 0 Å². The molecule has 0 aliphatic heterocycles. The second-order valence-electron chi connectivity index (χ2n) is 9.64. The van der Waals surface area contributed by atoms with Crippen molar-refractivity contribution in [1.82, 2.24) is 9.88 Å². The molecule has 2 aliphatic carbocycles. The highest BCUT2D eigenvalue weighted by atomic mass is 35.5. The second kappa shape index (κ2) is 8.83. The maximum absolute atomic E-state index is 13.5. The van der Waals surface area contributed by atoms with Crippen LogP contribution in [0.25, 0.3) is 0 Å². The Kier molecular flexibility index (Phi) is 6.35. The lowest BCUT2D eigenvalue weighted by atomic mass is 9.60. The molecule has 1 saturated carbocycles. The van der Waals surface area contributed by atoms with E-state index in [2.05, 4.69) is 10.6 Å². The highest BCUT2D eigenvalue weighted by Crippen LogP contribution is 2.56. The van der Waals surface area contributed by atoms with Crippen LogP contribution < -0.4 is 10.6 Å². The molecule has 2 aromatic rings. The van der Waals surface area contributed by atoms with Gasteiger partial charge in [0.2, 0.25) is 5.92 Å². The molecule has 10 heteroatoms. The van der Waals surface area contributed by atoms with E-state index in [-0.39, 0.29) is 42.3 Å². The molecule has 2 amide bonds. The maximum atomic E-state index is 13.5. The number of anilines is 1. The van der Waals surface area contributed by atoms with Crippen LogP contribution in [-0.4, -0.2) is 29.1 Å². The van der Waals surface area contributed by atoms with Crippen LogP contribution in [-0.2, 0) is 18.2 Å². The Bertz CT molecular complexity index is 1120. The van der Waals surface area contributed by atoms with E-state index in [1.807, 2.05) is 13.8 Å². The number of carbonyl (C=O) groups excluding carboxylic acids is 2. The van der Waals surface area contributed by atoms with Crippen LogP contribution in [0.1, 0.15) is 60.8 Å². The average Bonchev–Trinajstić information content (AvgIpc) is 3.25. The molecular formula is C24H27ClF3N3O3. The van der Waals surface area contributed by atoms with Crippen molar-refractivity contribution in [2.45, 2.75) is 51.5 Å². The Labute approximate surface area is 200 Å². The number of aryl methyl sites for hydroxylation is 1. The monoisotopic (exact) mass is 497 g/mol. The molecule has 0 saturated heterocycles. The van der Waals surface area contributed by atoms with E-state index in [9.17, 15) is 22.8 Å². The number of amides is 2. The van der Waals surface area contributed by atoms with Gasteiger partial charge in [-0.2, -0.15) is 0 Å². The van der Waals surface area contributed by atoms with E-state index < -0.39 is 23.2 Å². The van der Waals surface area contributed by atoms with E-state index in [1.165, 1.54) is 18.2 Å². The third-order valence-corrected chi connectivity index (χ3v) is 7.29. The molecule has 1 atom stereocenters. The Morgan fingerprint density at radius 1 is 1.29 bits per heavy atom. The van der Waals surface area contributed by atoms with Crippen LogP contribution in [0, 0.1) is 17.2 Å². The van der Waals surface area contributed by atoms with Gasteiger partial charge in [-0.1, -0.05) is 25.4 Å². The number of halogens is 4. The van der Waals surface area contributed by atoms with Crippen LogP contribution >= 0.6 is 11.6 Å². The molecule has 2 aliphatic rings. The van der Waals surface area contributed by atoms with Crippen molar-refractivity contribution < 1.29 is 27.5 Å². The van der Waals surface area contributed by atoms with Crippen LogP contribution in [0.2, 0.25) is 5.02 Å². The number of aromatic nitrogens is 1. The molecule has 6 nitrogen and oxygen atoms in total. The molecule has 34 heavy (non-hydrogen) atoms. The van der Waals surface area contributed by atoms with Gasteiger partial charge in [0.25, 0.3) is 5.91 Å². The first kappa shape index (κ1) is 24.4. The molecule has 1 unspecified atom stereocenters. The number of carbonyl (C=O) groups is 2. The van der Waals surface area contributed by atoms with Crippen molar-refractivity contribution in [3.63, 3.8) is 0 Å². The predicted octanol–water partition coefficient (Wildman–Crippen LogP) is 5.85. The lowest BCUT2D eigenvalue weighted by Crippen LogP contribution is -2.52. The second-order valence-corrected chi connectivity index (χ2v) is 10.1. The van der Waals surface area contributed by atoms with Crippen molar-refractivity contribution in [2.75, 3.05) is 11.9 Å². The summed E-state index contributed by atoms with van der Waals surface area (Å²) >= 11 is 5.79. The largest absolute Gasteiger partial charge is 0.449 e. The highest BCUT2D eigenvalue weighted by molar-refractivity contribution is 6.31. The first-order valence-corrected chi connectivity index (χ1v) is 11.5. The van der Waals surface area contributed by atoms with Gasteiger partial charge < -0.3 is 19.9 Å². The lowest BCUT2D eigenvalue weighted by Gasteiger charge is -2.49. The van der Waals surface area contributed by atoms with Crippen molar-refractivity contribution >= 4 is 29.3 Å². The minimum atomic E-state index is -2.70. The zero-order valence-corrected chi connectivity index (χ0v) is 19.9. The smallest absolute Gasteiger partial charge is 0.407 e. The van der Waals surface area contributed by atoms with Crippen LogP contribution in [0.5, 0.6) is 0 Å². The summed E-state index contributed by atoms with van der Waals surface area (Å²) in [7, 11) is 1.73. The van der Waals surface area contributed by atoms with E-state index in [1.54, 1.807) is 17.8 Å². The van der Waals surface area contributed by atoms with Crippen molar-refractivity contribution in [3.05, 3.63) is 52.1 Å². The summed E-state index contributed by atoms with van der Waals surface area (Å²) in [5, 5.41) is 5.43. The topological polar surface area (TPSA) is 72.4 Å². The van der Waals surface area contributed by atoms with Crippen molar-refractivity contribution in [2.24, 2.45) is 18.4 Å². The summed E-state index contributed by atoms with van der Waals surface area (Å²) in [6.45, 7) is 3.65. The number of ether oxygens (including phenoxy) is 1. The van der Waals surface area contributed by atoms with Gasteiger partial charge in [0.15, 0.2) is 0 Å². The number of fused-ring (bicyclic) bond motifs is 1.